The van der Waals surface area contributed by atoms with Gasteiger partial charge in [-0.15, -0.1) is 0 Å². The highest BCUT2D eigenvalue weighted by Gasteiger charge is 2.27. The van der Waals surface area contributed by atoms with Crippen LogP contribution >= 0.6 is 23.4 Å². The lowest BCUT2D eigenvalue weighted by molar-refractivity contribution is -0.0329. The van der Waals surface area contributed by atoms with Gasteiger partial charge in [0.25, 0.3) is 0 Å². The Balaban J connectivity index is 2.48. The van der Waals surface area contributed by atoms with E-state index in [2.05, 4.69) is 0 Å². The van der Waals surface area contributed by atoms with E-state index in [1.165, 1.54) is 0 Å². The van der Waals surface area contributed by atoms with Crippen molar-refractivity contribution in [2.24, 2.45) is 5.73 Å². The minimum absolute atomic E-state index is 0.0541. The van der Waals surface area contributed by atoms with Gasteiger partial charge in [-0.2, -0.15) is 13.2 Å². The largest absolute Gasteiger partial charge is 0.491 e. The third kappa shape index (κ3) is 5.37. The predicted molar refractivity (Wildman–Crippen MR) is 68.1 cm³/mol. The van der Waals surface area contributed by atoms with Gasteiger partial charge in [-0.3, -0.25) is 0 Å². The van der Waals surface area contributed by atoms with Crippen LogP contribution in [0.3, 0.4) is 0 Å². The molecular weight excluding hydrogens is 287 g/mol. The Morgan fingerprint density at radius 3 is 2.61 bits per heavy atom. The molecule has 18 heavy (non-hydrogen) atoms. The summed E-state index contributed by atoms with van der Waals surface area (Å²) >= 11 is 5.81. The zero-order chi connectivity index (χ0) is 13.8. The van der Waals surface area contributed by atoms with Gasteiger partial charge < -0.3 is 10.5 Å². The lowest BCUT2D eigenvalue weighted by atomic mass is 10.1. The van der Waals surface area contributed by atoms with Crippen molar-refractivity contribution in [1.82, 2.24) is 0 Å². The molecule has 0 aliphatic carbocycles. The van der Waals surface area contributed by atoms with Gasteiger partial charge in [0.1, 0.15) is 5.75 Å². The van der Waals surface area contributed by atoms with Crippen molar-refractivity contribution >= 4 is 23.4 Å². The molecule has 0 amide bonds. The first-order valence-corrected chi connectivity index (χ1v) is 6.54. The second-order valence-corrected chi connectivity index (χ2v) is 5.19. The van der Waals surface area contributed by atoms with Crippen molar-refractivity contribution in [3.05, 3.63) is 28.8 Å². The molecule has 1 rings (SSSR count). The van der Waals surface area contributed by atoms with Crippen LogP contribution in [0.15, 0.2) is 18.2 Å². The molecule has 1 aromatic rings. The summed E-state index contributed by atoms with van der Waals surface area (Å²) in [5, 5.41) is 0.349. The van der Waals surface area contributed by atoms with Gasteiger partial charge in [0.05, 0.1) is 11.6 Å². The molecule has 102 valence electrons. The van der Waals surface area contributed by atoms with Gasteiger partial charge in [0.2, 0.25) is 0 Å². The summed E-state index contributed by atoms with van der Waals surface area (Å²) in [7, 11) is 0. The molecule has 2 nitrogen and oxygen atoms in total. The van der Waals surface area contributed by atoms with Gasteiger partial charge in [0.15, 0.2) is 0 Å². The van der Waals surface area contributed by atoms with Crippen molar-refractivity contribution in [2.75, 3.05) is 12.4 Å². The molecule has 0 spiro atoms. The summed E-state index contributed by atoms with van der Waals surface area (Å²) in [6, 6.07) is 4.85. The fraction of sp³-hybridized carbons (Fsp3) is 0.455. The predicted octanol–water partition coefficient (Wildman–Crippen LogP) is 3.99. The fourth-order valence-electron chi connectivity index (χ4n) is 1.23. The molecule has 0 aliphatic heterocycles. The maximum Gasteiger partial charge on any atom is 0.441 e. The highest BCUT2D eigenvalue weighted by atomic mass is 35.5. The zero-order valence-electron chi connectivity index (χ0n) is 9.63. The monoisotopic (exact) mass is 299 g/mol. The molecule has 1 unspecified atom stereocenters. The number of nitrogens with two attached hydrogens (primary N) is 1. The Morgan fingerprint density at radius 1 is 1.44 bits per heavy atom. The molecule has 1 atom stereocenters. The van der Waals surface area contributed by atoms with Crippen LogP contribution in [-0.4, -0.2) is 17.9 Å². The van der Waals surface area contributed by atoms with Gasteiger partial charge in [-0.1, -0.05) is 17.7 Å². The van der Waals surface area contributed by atoms with E-state index in [1.807, 2.05) is 6.92 Å². The molecule has 0 aliphatic rings. The average molecular weight is 300 g/mol. The highest BCUT2D eigenvalue weighted by molar-refractivity contribution is 8.00. The second-order valence-electron chi connectivity index (χ2n) is 3.62. The zero-order valence-corrected chi connectivity index (χ0v) is 11.2. The Bertz CT molecular complexity index is 398. The van der Waals surface area contributed by atoms with Crippen molar-refractivity contribution < 1.29 is 17.9 Å². The minimum Gasteiger partial charge on any atom is -0.491 e. The van der Waals surface area contributed by atoms with Gasteiger partial charge in [0, 0.05) is 11.8 Å². The quantitative estimate of drug-likeness (QED) is 0.835. The third-order valence-electron chi connectivity index (χ3n) is 2.09. The molecule has 1 aromatic carbocycles. The second kappa shape index (κ2) is 6.54. The minimum atomic E-state index is -4.23. The summed E-state index contributed by atoms with van der Waals surface area (Å²) in [6.45, 7) is 1.76. The first-order valence-electron chi connectivity index (χ1n) is 5.18. The molecule has 0 aromatic heterocycles. The number of halogens is 4. The van der Waals surface area contributed by atoms with Crippen molar-refractivity contribution in [1.29, 1.82) is 0 Å². The van der Waals surface area contributed by atoms with Crippen LogP contribution in [0.1, 0.15) is 18.5 Å². The van der Waals surface area contributed by atoms with E-state index in [1.54, 1.807) is 18.2 Å². The van der Waals surface area contributed by atoms with Crippen LogP contribution in [-0.2, 0) is 0 Å². The number of rotatable bonds is 5. The van der Waals surface area contributed by atoms with Crippen molar-refractivity contribution in [3.8, 4) is 5.75 Å². The number of alkyl halides is 3. The van der Waals surface area contributed by atoms with E-state index in [9.17, 15) is 13.2 Å². The van der Waals surface area contributed by atoms with Crippen LogP contribution in [0.4, 0.5) is 13.2 Å². The first-order chi connectivity index (χ1) is 8.29. The smallest absolute Gasteiger partial charge is 0.441 e. The molecule has 0 saturated heterocycles. The SMILES string of the molecule is CC(N)c1ccc(OCCSC(F)(F)F)c(Cl)c1. The van der Waals surface area contributed by atoms with E-state index >= 15 is 0 Å². The van der Waals surface area contributed by atoms with Gasteiger partial charge in [-0.05, 0) is 36.4 Å². The standard InChI is InChI=1S/C11H13ClF3NOS/c1-7(16)8-2-3-10(9(12)6-8)17-4-5-18-11(13,14)15/h2-3,6-7H,4-5,16H2,1H3. The normalized spacial score (nSPS) is 13.4. The molecule has 0 saturated carbocycles. The van der Waals surface area contributed by atoms with E-state index < -0.39 is 5.51 Å². The van der Waals surface area contributed by atoms with E-state index in [0.717, 1.165) is 5.56 Å². The maximum atomic E-state index is 11.9. The Morgan fingerprint density at radius 2 is 2.11 bits per heavy atom. The molecular formula is C11H13ClF3NOS. The van der Waals surface area contributed by atoms with E-state index in [4.69, 9.17) is 22.1 Å². The van der Waals surface area contributed by atoms with Gasteiger partial charge in [-0.25, -0.2) is 0 Å². The molecule has 0 heterocycles. The van der Waals surface area contributed by atoms with Crippen molar-refractivity contribution in [2.45, 2.75) is 18.5 Å². The van der Waals surface area contributed by atoms with Crippen LogP contribution in [0.2, 0.25) is 5.02 Å². The summed E-state index contributed by atoms with van der Waals surface area (Å²) in [4.78, 5) is 0. The highest BCUT2D eigenvalue weighted by Crippen LogP contribution is 2.31. The van der Waals surface area contributed by atoms with E-state index in [0.29, 0.717) is 10.8 Å². The Labute approximate surface area is 113 Å². The Hall–Kier alpha value is -0.590. The molecule has 0 fully saturated rings. The number of thioether (sulfide) groups is 1. The van der Waals surface area contributed by atoms with E-state index in [-0.39, 0.29) is 30.2 Å². The average Bonchev–Trinajstić information content (AvgIpc) is 2.24. The van der Waals surface area contributed by atoms with Crippen LogP contribution in [0.5, 0.6) is 5.75 Å². The molecule has 0 bridgehead atoms. The lowest BCUT2D eigenvalue weighted by Crippen LogP contribution is -2.08. The lowest BCUT2D eigenvalue weighted by Gasteiger charge is -2.11. The fourth-order valence-corrected chi connectivity index (χ4v) is 1.87. The van der Waals surface area contributed by atoms with Crippen LogP contribution in [0, 0.1) is 0 Å². The van der Waals surface area contributed by atoms with Gasteiger partial charge >= 0.3 is 5.51 Å². The molecule has 2 N–H and O–H groups in total. The number of ether oxygens (including phenoxy) is 1. The Kier molecular flexibility index (Phi) is 5.62. The molecule has 0 radical (unpaired) electrons. The maximum absolute atomic E-state index is 11.9. The number of hydrogen-bond acceptors (Lipinski definition) is 3. The van der Waals surface area contributed by atoms with Crippen LogP contribution in [0.25, 0.3) is 0 Å². The number of hydrogen-bond donors (Lipinski definition) is 1. The summed E-state index contributed by atoms with van der Waals surface area (Å²) in [5.41, 5.74) is 2.29. The molecule has 7 heteroatoms. The summed E-state index contributed by atoms with van der Waals surface area (Å²) < 4.78 is 40.8. The first kappa shape index (κ1) is 15.5. The number of benzene rings is 1. The van der Waals surface area contributed by atoms with Crippen molar-refractivity contribution in [3.63, 3.8) is 0 Å². The summed E-state index contributed by atoms with van der Waals surface area (Å²) in [5.74, 6) is 0.193. The van der Waals surface area contributed by atoms with Crippen LogP contribution < -0.4 is 10.5 Å². The summed E-state index contributed by atoms with van der Waals surface area (Å²) in [6.07, 6.45) is 0. The third-order valence-corrected chi connectivity index (χ3v) is 3.08. The topological polar surface area (TPSA) is 35.2 Å².